The van der Waals surface area contributed by atoms with Crippen molar-refractivity contribution in [3.8, 4) is 0 Å². The summed E-state index contributed by atoms with van der Waals surface area (Å²) >= 11 is 1.32. The summed E-state index contributed by atoms with van der Waals surface area (Å²) in [7, 11) is 1.62. The van der Waals surface area contributed by atoms with Gasteiger partial charge in [0.05, 0.1) is 5.60 Å². The largest absolute Gasteiger partial charge is 0.382 e. The Morgan fingerprint density at radius 3 is 2.55 bits per heavy atom. The van der Waals surface area contributed by atoms with E-state index >= 15 is 0 Å². The molecule has 0 fully saturated rings. The van der Waals surface area contributed by atoms with Crippen molar-refractivity contribution < 1.29 is 9.53 Å². The molecule has 0 radical (unpaired) electrons. The van der Waals surface area contributed by atoms with Gasteiger partial charge >= 0.3 is 0 Å². The van der Waals surface area contributed by atoms with Gasteiger partial charge < -0.3 is 20.7 Å². The van der Waals surface area contributed by atoms with Crippen LogP contribution in [0.4, 0.5) is 10.9 Å². The molecule has 0 aliphatic rings. The maximum Gasteiger partial charge on any atom is 0.265 e. The van der Waals surface area contributed by atoms with Crippen LogP contribution < -0.4 is 16.0 Å². The number of hydrogen-bond acceptors (Lipinski definition) is 6. The highest BCUT2D eigenvalue weighted by Gasteiger charge is 2.22. The Kier molecular flexibility index (Phi) is 5.76. The molecule has 0 spiro atoms. The van der Waals surface area contributed by atoms with E-state index in [4.69, 9.17) is 10.5 Å². The molecule has 0 atom stereocenters. The van der Waals surface area contributed by atoms with E-state index < -0.39 is 5.60 Å². The van der Waals surface area contributed by atoms with Crippen molar-refractivity contribution in [1.29, 1.82) is 0 Å². The number of amides is 1. The van der Waals surface area contributed by atoms with E-state index in [1.54, 1.807) is 7.11 Å². The smallest absolute Gasteiger partial charge is 0.265 e. The Morgan fingerprint density at radius 1 is 1.45 bits per heavy atom. The third-order valence-electron chi connectivity index (χ3n) is 3.11. The average molecular weight is 300 g/mol. The van der Waals surface area contributed by atoms with Crippen molar-refractivity contribution in [3.63, 3.8) is 0 Å². The number of rotatable bonds is 7. The minimum absolute atomic E-state index is 0.205. The van der Waals surface area contributed by atoms with Gasteiger partial charge in [-0.25, -0.2) is 4.98 Å². The minimum atomic E-state index is -0.406. The maximum absolute atomic E-state index is 12.1. The Balaban J connectivity index is 2.79. The Labute approximate surface area is 124 Å². The zero-order chi connectivity index (χ0) is 15.3. The summed E-state index contributed by atoms with van der Waals surface area (Å²) in [5.74, 6) is 0.0770. The van der Waals surface area contributed by atoms with Gasteiger partial charge in [-0.05, 0) is 27.7 Å². The van der Waals surface area contributed by atoms with Crippen molar-refractivity contribution in [2.75, 3.05) is 37.4 Å². The predicted molar refractivity (Wildman–Crippen MR) is 83.5 cm³/mol. The standard InChI is InChI=1S/C13H24N4O2S/c1-6-17(7-2)12-16-10(14)9(20-12)11(18)15-8-13(3,4)19-5/h6-8,14H2,1-5H3,(H,15,18). The number of nitrogens with zero attached hydrogens (tertiary/aromatic N) is 2. The Bertz CT molecular complexity index is 455. The highest BCUT2D eigenvalue weighted by Crippen LogP contribution is 2.27. The summed E-state index contributed by atoms with van der Waals surface area (Å²) in [6, 6.07) is 0. The Morgan fingerprint density at radius 2 is 2.05 bits per heavy atom. The average Bonchev–Trinajstić information content (AvgIpc) is 2.80. The van der Waals surface area contributed by atoms with Crippen LogP contribution in [0.3, 0.4) is 0 Å². The summed E-state index contributed by atoms with van der Waals surface area (Å²) in [6.07, 6.45) is 0. The van der Waals surface area contributed by atoms with Crippen molar-refractivity contribution >= 4 is 28.2 Å². The van der Waals surface area contributed by atoms with Crippen molar-refractivity contribution in [2.24, 2.45) is 0 Å². The number of anilines is 2. The van der Waals surface area contributed by atoms with Crippen LogP contribution in [0.5, 0.6) is 0 Å². The zero-order valence-electron chi connectivity index (χ0n) is 12.8. The molecule has 0 aliphatic heterocycles. The van der Waals surface area contributed by atoms with Crippen LogP contribution in [0.15, 0.2) is 0 Å². The topological polar surface area (TPSA) is 80.5 Å². The summed E-state index contributed by atoms with van der Waals surface area (Å²) in [5.41, 5.74) is 5.44. The lowest BCUT2D eigenvalue weighted by Crippen LogP contribution is -2.39. The van der Waals surface area contributed by atoms with E-state index in [0.717, 1.165) is 18.2 Å². The lowest BCUT2D eigenvalue weighted by molar-refractivity contribution is 0.0229. The lowest BCUT2D eigenvalue weighted by atomic mass is 10.1. The van der Waals surface area contributed by atoms with Gasteiger partial charge in [-0.15, -0.1) is 0 Å². The number of ether oxygens (including phenoxy) is 1. The molecular weight excluding hydrogens is 276 g/mol. The molecule has 0 saturated heterocycles. The first-order valence-corrected chi connectivity index (χ1v) is 7.50. The molecule has 1 amide bonds. The van der Waals surface area contributed by atoms with E-state index in [2.05, 4.69) is 15.2 Å². The molecule has 1 rings (SSSR count). The van der Waals surface area contributed by atoms with Crippen molar-refractivity contribution in [3.05, 3.63) is 4.88 Å². The SMILES string of the molecule is CCN(CC)c1nc(N)c(C(=O)NCC(C)(C)OC)s1. The molecule has 0 saturated carbocycles. The molecule has 0 aliphatic carbocycles. The summed E-state index contributed by atoms with van der Waals surface area (Å²) < 4.78 is 5.27. The van der Waals surface area contributed by atoms with Gasteiger partial charge in [0.1, 0.15) is 10.7 Å². The van der Waals surface area contributed by atoms with Gasteiger partial charge in [-0.1, -0.05) is 11.3 Å². The van der Waals surface area contributed by atoms with E-state index in [1.165, 1.54) is 11.3 Å². The molecule has 1 aromatic rings. The van der Waals surface area contributed by atoms with Crippen molar-refractivity contribution in [1.82, 2.24) is 10.3 Å². The number of nitrogen functional groups attached to an aromatic ring is 1. The van der Waals surface area contributed by atoms with Crippen LogP contribution in [-0.4, -0.2) is 43.2 Å². The van der Waals surface area contributed by atoms with Crippen LogP contribution in [-0.2, 0) is 4.74 Å². The molecule has 1 aromatic heterocycles. The second kappa shape index (κ2) is 6.90. The molecule has 0 bridgehead atoms. The van der Waals surface area contributed by atoms with E-state index in [0.29, 0.717) is 11.4 Å². The van der Waals surface area contributed by atoms with E-state index in [-0.39, 0.29) is 11.7 Å². The van der Waals surface area contributed by atoms with E-state index in [1.807, 2.05) is 27.7 Å². The molecule has 20 heavy (non-hydrogen) atoms. The van der Waals surface area contributed by atoms with Gasteiger partial charge in [0, 0.05) is 26.7 Å². The number of hydrogen-bond donors (Lipinski definition) is 2. The third kappa shape index (κ3) is 4.08. The molecule has 114 valence electrons. The fraction of sp³-hybridized carbons (Fsp3) is 0.692. The fourth-order valence-corrected chi connectivity index (χ4v) is 2.59. The first kappa shape index (κ1) is 16.7. The summed E-state index contributed by atoms with van der Waals surface area (Å²) in [5, 5.41) is 3.61. The molecule has 7 heteroatoms. The lowest BCUT2D eigenvalue weighted by Gasteiger charge is -2.22. The monoisotopic (exact) mass is 300 g/mol. The van der Waals surface area contributed by atoms with Gasteiger partial charge in [-0.3, -0.25) is 4.79 Å². The second-order valence-electron chi connectivity index (χ2n) is 5.03. The van der Waals surface area contributed by atoms with Crippen LogP contribution in [0.1, 0.15) is 37.4 Å². The second-order valence-corrected chi connectivity index (χ2v) is 6.01. The van der Waals surface area contributed by atoms with Crippen LogP contribution in [0.25, 0.3) is 0 Å². The summed E-state index contributed by atoms with van der Waals surface area (Å²) in [6.45, 7) is 9.99. The molecule has 0 unspecified atom stereocenters. The highest BCUT2D eigenvalue weighted by atomic mass is 32.1. The molecular formula is C13H24N4O2S. The molecule has 6 nitrogen and oxygen atoms in total. The van der Waals surface area contributed by atoms with Crippen LogP contribution in [0.2, 0.25) is 0 Å². The zero-order valence-corrected chi connectivity index (χ0v) is 13.6. The van der Waals surface area contributed by atoms with Crippen LogP contribution in [0, 0.1) is 0 Å². The van der Waals surface area contributed by atoms with E-state index in [9.17, 15) is 4.79 Å². The fourth-order valence-electron chi connectivity index (χ4n) is 1.56. The minimum Gasteiger partial charge on any atom is -0.382 e. The number of carbonyl (C=O) groups excluding carboxylic acids is 1. The van der Waals surface area contributed by atoms with Gasteiger partial charge in [0.2, 0.25) is 0 Å². The third-order valence-corrected chi connectivity index (χ3v) is 4.24. The maximum atomic E-state index is 12.1. The first-order chi connectivity index (χ1) is 9.34. The van der Waals surface area contributed by atoms with Crippen molar-refractivity contribution in [2.45, 2.75) is 33.3 Å². The first-order valence-electron chi connectivity index (χ1n) is 6.69. The van der Waals surface area contributed by atoms with Gasteiger partial charge in [0.25, 0.3) is 5.91 Å². The number of thiazole rings is 1. The number of aromatic nitrogens is 1. The quantitative estimate of drug-likeness (QED) is 0.801. The number of carbonyl (C=O) groups is 1. The van der Waals surface area contributed by atoms with Crippen LogP contribution >= 0.6 is 11.3 Å². The molecule has 3 N–H and O–H groups in total. The number of nitrogens with two attached hydrogens (primary N) is 1. The normalized spacial score (nSPS) is 11.4. The van der Waals surface area contributed by atoms with Gasteiger partial charge in [-0.2, -0.15) is 0 Å². The molecule has 0 aromatic carbocycles. The highest BCUT2D eigenvalue weighted by molar-refractivity contribution is 7.18. The summed E-state index contributed by atoms with van der Waals surface area (Å²) in [4.78, 5) is 18.9. The Hall–Kier alpha value is -1.34. The van der Waals surface area contributed by atoms with Gasteiger partial charge in [0.15, 0.2) is 5.13 Å². The predicted octanol–water partition coefficient (Wildman–Crippen LogP) is 1.73. The number of methoxy groups -OCH3 is 1. The number of nitrogens with one attached hydrogen (secondary N) is 1. The molecule has 1 heterocycles.